The van der Waals surface area contributed by atoms with Crippen LogP contribution in [0.15, 0.2) is 85.3 Å². The van der Waals surface area contributed by atoms with Crippen LogP contribution in [0.1, 0.15) is 101 Å². The van der Waals surface area contributed by atoms with Crippen LogP contribution in [-0.4, -0.2) is 4.98 Å². The van der Waals surface area contributed by atoms with Gasteiger partial charge in [-0.25, -0.2) is 0 Å². The predicted molar refractivity (Wildman–Crippen MR) is 182 cm³/mol. The molecule has 7 heteroatoms. The van der Waals surface area contributed by atoms with Crippen LogP contribution in [0, 0.1) is 24.4 Å². The van der Waals surface area contributed by atoms with Gasteiger partial charge in [0.1, 0.15) is 0 Å². The van der Waals surface area contributed by atoms with Gasteiger partial charge in [0.2, 0.25) is 0 Å². The molecular weight excluding hydrogens is 764 g/mol. The summed E-state index contributed by atoms with van der Waals surface area (Å²) in [6, 6.07) is 23.0. The Balaban J connectivity index is 0.000000287. The van der Waals surface area contributed by atoms with E-state index in [0.717, 1.165) is 12.1 Å². The van der Waals surface area contributed by atoms with Crippen LogP contribution in [0.5, 0.6) is 0 Å². The fraction of sp³-hybridized carbons (Fsp3) is 0.316. The van der Waals surface area contributed by atoms with Crippen molar-refractivity contribution in [2.45, 2.75) is 79.1 Å². The number of anilines is 2. The quantitative estimate of drug-likeness (QED) is 0.173. The van der Waals surface area contributed by atoms with Crippen LogP contribution in [0.25, 0.3) is 11.3 Å². The molecule has 0 saturated carbocycles. The number of pyridine rings is 1. The maximum absolute atomic E-state index is 13.2. The fourth-order valence-corrected chi connectivity index (χ4v) is 5.39. The van der Waals surface area contributed by atoms with Crippen molar-refractivity contribution in [2.24, 2.45) is 0 Å². The number of benzene rings is 3. The summed E-state index contributed by atoms with van der Waals surface area (Å²) in [6.45, 7) is 20.5. The third kappa shape index (κ3) is 9.03. The van der Waals surface area contributed by atoms with Crippen molar-refractivity contribution < 1.29 is 26.7 Å². The molecule has 3 nitrogen and oxygen atoms in total. The normalized spacial score (nSPS) is 12.5. The van der Waals surface area contributed by atoms with Crippen LogP contribution >= 0.6 is 9.58 Å². The summed E-state index contributed by atoms with van der Waals surface area (Å²) in [5, 5.41) is 0. The molecule has 0 aliphatic carbocycles. The molecule has 45 heavy (non-hydrogen) atoms. The van der Waals surface area contributed by atoms with Crippen molar-refractivity contribution in [3.05, 3.63) is 132 Å². The van der Waals surface area contributed by atoms with E-state index >= 15 is 0 Å². The van der Waals surface area contributed by atoms with Crippen molar-refractivity contribution in [3.8, 4) is 11.3 Å². The molecule has 0 N–H and O–H groups in total. The average Bonchev–Trinajstić information content (AvgIpc) is 3.51. The van der Waals surface area contributed by atoms with Gasteiger partial charge < -0.3 is 14.8 Å². The maximum atomic E-state index is 13.2. The van der Waals surface area contributed by atoms with Gasteiger partial charge in [0, 0.05) is 29.2 Å². The monoisotopic (exact) mass is 807 g/mol. The van der Waals surface area contributed by atoms with Crippen molar-refractivity contribution in [3.63, 3.8) is 0 Å². The number of hydrogen-bond donors (Lipinski definition) is 0. The third-order valence-corrected chi connectivity index (χ3v) is 7.62. The second kappa shape index (κ2) is 17.0. The molecule has 4 aromatic rings. The van der Waals surface area contributed by atoms with E-state index in [4.69, 9.17) is 0 Å². The fourth-order valence-electron chi connectivity index (χ4n) is 5.39. The van der Waals surface area contributed by atoms with Crippen LogP contribution in [-0.2, 0) is 17.9 Å². The summed E-state index contributed by atoms with van der Waals surface area (Å²) < 4.78 is 25.8. The Morgan fingerprint density at radius 3 is 1.49 bits per heavy atom. The zero-order chi connectivity index (χ0) is 33.3. The summed E-state index contributed by atoms with van der Waals surface area (Å²) in [5.41, 5.74) is 8.92. The Labute approximate surface area is 283 Å². The van der Waals surface area contributed by atoms with Crippen molar-refractivity contribution in [2.75, 3.05) is 9.80 Å². The first kappa shape index (κ1) is 36.4. The molecule has 0 spiro atoms. The van der Waals surface area contributed by atoms with Gasteiger partial charge in [0.05, 0.1) is 0 Å². The molecule has 1 aromatic heterocycles. The zero-order valence-corrected chi connectivity index (χ0v) is 30.4. The summed E-state index contributed by atoms with van der Waals surface area (Å²) in [7, 11) is 4.64. The van der Waals surface area contributed by atoms with E-state index in [1.807, 2.05) is 0 Å². The zero-order valence-electron chi connectivity index (χ0n) is 27.3. The van der Waals surface area contributed by atoms with E-state index in [0.29, 0.717) is 29.4 Å². The number of rotatable bonds is 7. The molecule has 2 heterocycles. The predicted octanol–water partition coefficient (Wildman–Crippen LogP) is 11.6. The van der Waals surface area contributed by atoms with Gasteiger partial charge >= 0.3 is 27.5 Å². The van der Waals surface area contributed by atoms with E-state index in [1.54, 1.807) is 24.4 Å². The Hall–Kier alpha value is -3.05. The first-order valence-electron chi connectivity index (χ1n) is 15.3. The first-order valence-corrected chi connectivity index (χ1v) is 18.2. The summed E-state index contributed by atoms with van der Waals surface area (Å²) in [4.78, 5) is 8.60. The SMILES string of the molecule is CC(C)c1cccc(C(C)C)c1N1C=CN(c2c(C(C)C)cccc2C(C)C)[CH-]1.Fc1c[c-]c(-c2ccccn2)c(F)c1.[Cl][Ir+2]. The van der Waals surface area contributed by atoms with E-state index < -0.39 is 11.6 Å². The summed E-state index contributed by atoms with van der Waals surface area (Å²) >= 11 is 1.47. The first-order chi connectivity index (χ1) is 21.5. The van der Waals surface area contributed by atoms with Crippen LogP contribution in [0.2, 0.25) is 0 Å². The van der Waals surface area contributed by atoms with Crippen LogP contribution in [0.4, 0.5) is 20.2 Å². The molecule has 0 fully saturated rings. The van der Waals surface area contributed by atoms with Gasteiger partial charge in [-0.3, -0.25) is 8.78 Å². The molecule has 0 atom stereocenters. The minimum absolute atomic E-state index is 0.187. The van der Waals surface area contributed by atoms with Crippen molar-refractivity contribution in [1.29, 1.82) is 0 Å². The van der Waals surface area contributed by atoms with Gasteiger partial charge in [0.15, 0.2) is 0 Å². The van der Waals surface area contributed by atoms with Crippen molar-refractivity contribution >= 4 is 21.0 Å². The van der Waals surface area contributed by atoms with Gasteiger partial charge in [-0.1, -0.05) is 116 Å². The Morgan fingerprint density at radius 1 is 0.689 bits per heavy atom. The van der Waals surface area contributed by atoms with Gasteiger partial charge in [-0.2, -0.15) is 0 Å². The number of halogens is 3. The molecule has 1 aliphatic heterocycles. The van der Waals surface area contributed by atoms with Crippen molar-refractivity contribution in [1.82, 2.24) is 4.98 Å². The number of para-hydroxylation sites is 2. The standard InChI is InChI=1S/C27H37N2.C11H6F2N.ClH.Ir/c1-18(2)22-11-9-12-23(19(3)4)26(22)28-15-16-29(17-28)27-24(20(5)6)13-10-14-25(27)21(7)8;12-8-4-5-9(10(13)7-8)11-3-1-2-6-14-11;;/h9-21H,1-8H3;1-4,6-7H;1H;/q2*-1;;+3/p-1. The molecule has 0 amide bonds. The average molecular weight is 807 g/mol. The minimum atomic E-state index is -0.649. The third-order valence-electron chi connectivity index (χ3n) is 7.62. The van der Waals surface area contributed by atoms with Crippen LogP contribution in [0.3, 0.4) is 0 Å². The number of nitrogens with zero attached hydrogens (tertiary/aromatic N) is 3. The molecule has 1 aliphatic rings. The molecule has 0 saturated heterocycles. The number of aromatic nitrogens is 1. The molecule has 240 valence electrons. The van der Waals surface area contributed by atoms with Gasteiger partial charge in [-0.05, 0) is 70.1 Å². The molecule has 0 bridgehead atoms. The topological polar surface area (TPSA) is 19.4 Å². The second-order valence-electron chi connectivity index (χ2n) is 12.2. The van der Waals surface area contributed by atoms with E-state index in [-0.39, 0.29) is 5.56 Å². The molecular formula is C38H43ClF2IrN3. The van der Waals surface area contributed by atoms with E-state index in [1.165, 1.54) is 51.5 Å². The van der Waals surface area contributed by atoms with E-state index in [2.05, 4.69) is 141 Å². The molecule has 3 aromatic carbocycles. The summed E-state index contributed by atoms with van der Waals surface area (Å²) in [6.07, 6.45) is 5.98. The Kier molecular flexibility index (Phi) is 13.8. The van der Waals surface area contributed by atoms with Gasteiger partial charge in [-0.15, -0.1) is 18.8 Å². The Morgan fingerprint density at radius 2 is 1.13 bits per heavy atom. The summed E-state index contributed by atoms with van der Waals surface area (Å²) in [5.74, 6) is 0.635. The molecule has 0 radical (unpaired) electrons. The van der Waals surface area contributed by atoms with Crippen LogP contribution < -0.4 is 9.80 Å². The number of hydrogen-bond acceptors (Lipinski definition) is 3. The molecule has 0 unspecified atom stereocenters. The second-order valence-corrected chi connectivity index (χ2v) is 12.2. The van der Waals surface area contributed by atoms with Gasteiger partial charge in [0.25, 0.3) is 0 Å². The molecule has 5 rings (SSSR count). The van der Waals surface area contributed by atoms with E-state index in [9.17, 15) is 8.78 Å². The Bertz CT molecular complexity index is 1430.